The molecule has 0 spiro atoms. The Morgan fingerprint density at radius 2 is 2.04 bits per heavy atom. The molecule has 1 aromatic carbocycles. The third-order valence-corrected chi connectivity index (χ3v) is 4.14. The number of rotatable bonds is 5. The summed E-state index contributed by atoms with van der Waals surface area (Å²) in [5, 5.41) is 24.1. The molecule has 0 atom stereocenters. The lowest BCUT2D eigenvalue weighted by Gasteiger charge is -2.08. The zero-order valence-electron chi connectivity index (χ0n) is 13.7. The first-order chi connectivity index (χ1) is 12.4. The van der Waals surface area contributed by atoms with Crippen LogP contribution in [0.15, 0.2) is 42.9 Å². The standard InChI is InChI=1S/C16H15ClN6O2S/c1-22-14(15(24)25)13(7-18-22)21-16(26)20-11-6-19-23(9-11)8-10-4-2-3-5-12(10)17/h2-7,9H,8H2,1H3,(H,24,25)(H2,20,21,26). The first-order valence-electron chi connectivity index (χ1n) is 7.53. The number of nitrogens with one attached hydrogen (secondary N) is 2. The van der Waals surface area contributed by atoms with Crippen LogP contribution in [0.25, 0.3) is 0 Å². The average Bonchev–Trinajstić information content (AvgIpc) is 3.16. The predicted molar refractivity (Wildman–Crippen MR) is 103 cm³/mol. The van der Waals surface area contributed by atoms with Crippen LogP contribution < -0.4 is 10.6 Å². The van der Waals surface area contributed by atoms with Crippen LogP contribution in [-0.2, 0) is 13.6 Å². The first kappa shape index (κ1) is 17.9. The van der Waals surface area contributed by atoms with Gasteiger partial charge in [-0.2, -0.15) is 10.2 Å². The van der Waals surface area contributed by atoms with Gasteiger partial charge in [-0.05, 0) is 23.8 Å². The maximum Gasteiger partial charge on any atom is 0.356 e. The van der Waals surface area contributed by atoms with Gasteiger partial charge >= 0.3 is 5.97 Å². The van der Waals surface area contributed by atoms with E-state index in [4.69, 9.17) is 23.8 Å². The smallest absolute Gasteiger partial charge is 0.356 e. The summed E-state index contributed by atoms with van der Waals surface area (Å²) in [6, 6.07) is 7.54. The minimum absolute atomic E-state index is 0.0172. The highest BCUT2D eigenvalue weighted by molar-refractivity contribution is 7.80. The molecule has 8 nitrogen and oxygen atoms in total. The molecule has 26 heavy (non-hydrogen) atoms. The van der Waals surface area contributed by atoms with E-state index in [1.54, 1.807) is 24.1 Å². The number of halogens is 1. The Labute approximate surface area is 159 Å². The fraction of sp³-hybridized carbons (Fsp3) is 0.125. The van der Waals surface area contributed by atoms with Gasteiger partial charge in [-0.3, -0.25) is 9.36 Å². The van der Waals surface area contributed by atoms with Crippen LogP contribution in [0.4, 0.5) is 11.4 Å². The second kappa shape index (κ2) is 7.54. The number of aromatic carboxylic acids is 1. The fourth-order valence-electron chi connectivity index (χ4n) is 2.38. The fourth-order valence-corrected chi connectivity index (χ4v) is 2.81. The molecule has 0 fully saturated rings. The number of anilines is 2. The lowest BCUT2D eigenvalue weighted by atomic mass is 10.2. The molecule has 0 aliphatic heterocycles. The van der Waals surface area contributed by atoms with E-state index >= 15 is 0 Å². The number of hydrogen-bond acceptors (Lipinski definition) is 4. The lowest BCUT2D eigenvalue weighted by Crippen LogP contribution is -2.20. The topological polar surface area (TPSA) is 97.0 Å². The van der Waals surface area contributed by atoms with Crippen molar-refractivity contribution in [1.29, 1.82) is 0 Å². The molecule has 2 aromatic heterocycles. The maximum atomic E-state index is 11.3. The lowest BCUT2D eigenvalue weighted by molar-refractivity contribution is 0.0686. The van der Waals surface area contributed by atoms with Crippen molar-refractivity contribution in [2.75, 3.05) is 10.6 Å². The predicted octanol–water partition coefficient (Wildman–Crippen LogP) is 2.83. The number of aromatic nitrogens is 4. The van der Waals surface area contributed by atoms with Gasteiger partial charge in [0, 0.05) is 18.3 Å². The van der Waals surface area contributed by atoms with E-state index in [1.807, 2.05) is 24.3 Å². The van der Waals surface area contributed by atoms with Crippen molar-refractivity contribution in [1.82, 2.24) is 19.6 Å². The summed E-state index contributed by atoms with van der Waals surface area (Å²) in [6.45, 7) is 0.521. The van der Waals surface area contributed by atoms with Crippen LogP contribution in [0.2, 0.25) is 5.02 Å². The van der Waals surface area contributed by atoms with Crippen molar-refractivity contribution in [2.24, 2.45) is 7.05 Å². The van der Waals surface area contributed by atoms with Crippen molar-refractivity contribution in [3.8, 4) is 0 Å². The average molecular weight is 391 g/mol. The van der Waals surface area contributed by atoms with E-state index in [0.717, 1.165) is 5.56 Å². The third-order valence-electron chi connectivity index (χ3n) is 3.57. The van der Waals surface area contributed by atoms with Crippen LogP contribution in [0.3, 0.4) is 0 Å². The molecule has 3 aromatic rings. The van der Waals surface area contributed by atoms with Gasteiger partial charge in [-0.1, -0.05) is 29.8 Å². The molecule has 0 radical (unpaired) electrons. The van der Waals surface area contributed by atoms with E-state index in [-0.39, 0.29) is 10.8 Å². The van der Waals surface area contributed by atoms with Crippen LogP contribution in [0.1, 0.15) is 16.1 Å². The van der Waals surface area contributed by atoms with Crippen LogP contribution in [-0.4, -0.2) is 35.7 Å². The van der Waals surface area contributed by atoms with Gasteiger partial charge in [0.2, 0.25) is 0 Å². The summed E-state index contributed by atoms with van der Waals surface area (Å²) in [5.41, 5.74) is 1.94. The number of carbonyl (C=O) groups is 1. The van der Waals surface area contributed by atoms with E-state index in [9.17, 15) is 9.90 Å². The van der Waals surface area contributed by atoms with Gasteiger partial charge in [0.25, 0.3) is 0 Å². The molecule has 0 saturated heterocycles. The molecule has 0 bridgehead atoms. The van der Waals surface area contributed by atoms with E-state index in [2.05, 4.69) is 20.8 Å². The summed E-state index contributed by atoms with van der Waals surface area (Å²) in [4.78, 5) is 11.3. The highest BCUT2D eigenvalue weighted by atomic mass is 35.5. The third kappa shape index (κ3) is 4.01. The van der Waals surface area contributed by atoms with Crippen LogP contribution >= 0.6 is 23.8 Å². The zero-order valence-corrected chi connectivity index (χ0v) is 15.3. The van der Waals surface area contributed by atoms with Gasteiger partial charge in [0.05, 0.1) is 30.3 Å². The number of thiocarbonyl (C=S) groups is 1. The van der Waals surface area contributed by atoms with Gasteiger partial charge in [0.15, 0.2) is 10.8 Å². The van der Waals surface area contributed by atoms with Crippen molar-refractivity contribution in [2.45, 2.75) is 6.54 Å². The largest absolute Gasteiger partial charge is 0.476 e. The summed E-state index contributed by atoms with van der Waals surface area (Å²) in [7, 11) is 1.55. The molecule has 134 valence electrons. The Morgan fingerprint density at radius 3 is 2.77 bits per heavy atom. The van der Waals surface area contributed by atoms with Crippen LogP contribution in [0, 0.1) is 0 Å². The molecule has 10 heteroatoms. The molecule has 3 N–H and O–H groups in total. The van der Waals surface area contributed by atoms with E-state index in [1.165, 1.54) is 10.9 Å². The molecule has 0 saturated carbocycles. The summed E-state index contributed by atoms with van der Waals surface area (Å²) in [6.07, 6.45) is 4.79. The van der Waals surface area contributed by atoms with Gasteiger partial charge in [-0.25, -0.2) is 4.79 Å². The highest BCUT2D eigenvalue weighted by Crippen LogP contribution is 2.17. The Bertz CT molecular complexity index is 967. The minimum atomic E-state index is -1.09. The molecule has 0 aliphatic rings. The normalized spacial score (nSPS) is 10.5. The van der Waals surface area contributed by atoms with Crippen molar-refractivity contribution in [3.63, 3.8) is 0 Å². The molecule has 0 aliphatic carbocycles. The van der Waals surface area contributed by atoms with Crippen molar-refractivity contribution < 1.29 is 9.90 Å². The molecular weight excluding hydrogens is 376 g/mol. The van der Waals surface area contributed by atoms with Gasteiger partial charge in [0.1, 0.15) is 0 Å². The SMILES string of the molecule is Cn1ncc(NC(=S)Nc2cnn(Cc3ccccc3Cl)c2)c1C(=O)O. The molecule has 0 unspecified atom stereocenters. The minimum Gasteiger partial charge on any atom is -0.476 e. The second-order valence-corrected chi connectivity index (χ2v) is 6.25. The monoisotopic (exact) mass is 390 g/mol. The van der Waals surface area contributed by atoms with Crippen LogP contribution in [0.5, 0.6) is 0 Å². The molecule has 0 amide bonds. The maximum absolute atomic E-state index is 11.3. The number of carboxylic acid groups (broad SMARTS) is 1. The summed E-state index contributed by atoms with van der Waals surface area (Å²) < 4.78 is 2.98. The van der Waals surface area contributed by atoms with Crippen molar-refractivity contribution in [3.05, 3.63) is 59.1 Å². The molecular formula is C16H15ClN6O2S. The Hall–Kier alpha value is -2.91. The van der Waals surface area contributed by atoms with E-state index in [0.29, 0.717) is 22.9 Å². The number of hydrogen-bond donors (Lipinski definition) is 3. The number of nitrogens with zero attached hydrogens (tertiary/aromatic N) is 4. The van der Waals surface area contributed by atoms with E-state index < -0.39 is 5.97 Å². The number of carboxylic acids is 1. The number of aryl methyl sites for hydroxylation is 1. The Morgan fingerprint density at radius 1 is 1.27 bits per heavy atom. The quantitative estimate of drug-likeness (QED) is 0.576. The van der Waals surface area contributed by atoms with Gasteiger partial charge < -0.3 is 15.7 Å². The number of benzene rings is 1. The molecule has 3 rings (SSSR count). The summed E-state index contributed by atoms with van der Waals surface area (Å²) in [5.74, 6) is -1.09. The zero-order chi connectivity index (χ0) is 18.7. The van der Waals surface area contributed by atoms with Crippen molar-refractivity contribution >= 4 is 46.3 Å². The first-order valence-corrected chi connectivity index (χ1v) is 8.32. The summed E-state index contributed by atoms with van der Waals surface area (Å²) >= 11 is 11.4. The molecule has 2 heterocycles. The second-order valence-electron chi connectivity index (χ2n) is 5.43. The van der Waals surface area contributed by atoms with Gasteiger partial charge in [-0.15, -0.1) is 0 Å². The Kier molecular flexibility index (Phi) is 5.19. The Balaban J connectivity index is 1.65. The highest BCUT2D eigenvalue weighted by Gasteiger charge is 2.16.